The van der Waals surface area contributed by atoms with Crippen molar-refractivity contribution in [2.45, 2.75) is 25.4 Å². The number of aryl methyl sites for hydroxylation is 1. The van der Waals surface area contributed by atoms with Crippen LogP contribution in [-0.4, -0.2) is 41.4 Å². The van der Waals surface area contributed by atoms with Crippen molar-refractivity contribution in [3.8, 4) is 6.07 Å². The predicted octanol–water partition coefficient (Wildman–Crippen LogP) is 2.21. The largest absolute Gasteiger partial charge is 0.332 e. The zero-order valence-corrected chi connectivity index (χ0v) is 15.3. The number of carbonyl (C=O) groups excluding carboxylic acids is 3. The fourth-order valence-electron chi connectivity index (χ4n) is 3.72. The van der Waals surface area contributed by atoms with Crippen LogP contribution in [-0.2, 0) is 4.79 Å². The summed E-state index contributed by atoms with van der Waals surface area (Å²) in [6.45, 7) is 2.30. The van der Waals surface area contributed by atoms with Gasteiger partial charge in [0.15, 0.2) is 0 Å². The summed E-state index contributed by atoms with van der Waals surface area (Å²) in [5.74, 6) is -0.692. The van der Waals surface area contributed by atoms with Crippen LogP contribution in [0, 0.1) is 18.3 Å². The molecular formula is C21H18N4O3. The topological polar surface area (TPSA) is 93.5 Å². The molecule has 0 aliphatic carbocycles. The molecule has 2 aliphatic rings. The molecule has 0 unspecified atom stereocenters. The highest BCUT2D eigenvalue weighted by atomic mass is 16.2. The number of hydrogen-bond acceptors (Lipinski definition) is 4. The van der Waals surface area contributed by atoms with Crippen LogP contribution in [0.4, 0.5) is 10.5 Å². The van der Waals surface area contributed by atoms with Crippen molar-refractivity contribution in [3.63, 3.8) is 0 Å². The Morgan fingerprint density at radius 1 is 1.11 bits per heavy atom. The standard InChI is InChI=1S/C21H18N4O3/c1-13-2-8-16(9-3-13)25-20(27)18-17(23-21(25)28)10-11-24(18)19(26)15-6-4-14(12-22)5-7-15/h2-9,17-18H,10-11H2,1H3,(H,23,28)/t17-,18+/m1/s1. The Kier molecular flexibility index (Phi) is 4.32. The Morgan fingerprint density at radius 2 is 1.79 bits per heavy atom. The Hall–Kier alpha value is -3.66. The summed E-state index contributed by atoms with van der Waals surface area (Å²) in [6.07, 6.45) is 0.520. The van der Waals surface area contributed by atoms with Crippen molar-refractivity contribution in [1.82, 2.24) is 10.2 Å². The summed E-state index contributed by atoms with van der Waals surface area (Å²) in [7, 11) is 0. The van der Waals surface area contributed by atoms with Gasteiger partial charge in [0.1, 0.15) is 6.04 Å². The van der Waals surface area contributed by atoms with E-state index < -0.39 is 24.0 Å². The maximum Gasteiger partial charge on any atom is 0.329 e. The van der Waals surface area contributed by atoms with E-state index in [2.05, 4.69) is 5.32 Å². The van der Waals surface area contributed by atoms with E-state index in [0.717, 1.165) is 10.5 Å². The molecule has 2 heterocycles. The Bertz CT molecular complexity index is 992. The van der Waals surface area contributed by atoms with Crippen LogP contribution in [0.25, 0.3) is 0 Å². The van der Waals surface area contributed by atoms with Crippen molar-refractivity contribution in [1.29, 1.82) is 5.26 Å². The van der Waals surface area contributed by atoms with Crippen molar-refractivity contribution >= 4 is 23.5 Å². The smallest absolute Gasteiger partial charge is 0.329 e. The molecule has 2 atom stereocenters. The highest BCUT2D eigenvalue weighted by Crippen LogP contribution is 2.29. The number of hydrogen-bond donors (Lipinski definition) is 1. The number of benzene rings is 2. The first-order valence-electron chi connectivity index (χ1n) is 9.02. The molecule has 4 amide bonds. The predicted molar refractivity (Wildman–Crippen MR) is 102 cm³/mol. The van der Waals surface area contributed by atoms with Gasteiger partial charge < -0.3 is 10.2 Å². The maximum atomic E-state index is 13.2. The Morgan fingerprint density at radius 3 is 2.43 bits per heavy atom. The van der Waals surface area contributed by atoms with Gasteiger partial charge in [-0.1, -0.05) is 17.7 Å². The molecule has 4 rings (SSSR count). The summed E-state index contributed by atoms with van der Waals surface area (Å²) in [5.41, 5.74) is 2.36. The molecule has 0 bridgehead atoms. The number of rotatable bonds is 2. The van der Waals surface area contributed by atoms with Gasteiger partial charge in [-0.15, -0.1) is 0 Å². The van der Waals surface area contributed by atoms with E-state index in [1.54, 1.807) is 36.4 Å². The first-order valence-corrected chi connectivity index (χ1v) is 9.02. The van der Waals surface area contributed by atoms with Crippen LogP contribution in [0.15, 0.2) is 48.5 Å². The number of amides is 4. The lowest BCUT2D eigenvalue weighted by molar-refractivity contribution is -0.122. The molecule has 2 aliphatic heterocycles. The van der Waals surface area contributed by atoms with Gasteiger partial charge in [0.25, 0.3) is 11.8 Å². The van der Waals surface area contributed by atoms with Gasteiger partial charge in [-0.2, -0.15) is 5.26 Å². The van der Waals surface area contributed by atoms with E-state index in [9.17, 15) is 14.4 Å². The van der Waals surface area contributed by atoms with Crippen LogP contribution in [0.5, 0.6) is 0 Å². The Labute approximate surface area is 162 Å². The van der Waals surface area contributed by atoms with E-state index in [-0.39, 0.29) is 5.91 Å². The first kappa shape index (κ1) is 17.7. The molecule has 140 valence electrons. The van der Waals surface area contributed by atoms with E-state index in [1.807, 2.05) is 25.1 Å². The molecule has 2 fully saturated rings. The van der Waals surface area contributed by atoms with Gasteiger partial charge in [-0.25, -0.2) is 9.69 Å². The number of anilines is 1. The van der Waals surface area contributed by atoms with Gasteiger partial charge >= 0.3 is 6.03 Å². The number of carbonyl (C=O) groups is 3. The normalized spacial score (nSPS) is 21.1. The average molecular weight is 374 g/mol. The average Bonchev–Trinajstić information content (AvgIpc) is 3.13. The molecule has 2 aromatic carbocycles. The summed E-state index contributed by atoms with van der Waals surface area (Å²) >= 11 is 0. The number of imide groups is 1. The second-order valence-corrected chi connectivity index (χ2v) is 6.99. The highest BCUT2D eigenvalue weighted by Gasteiger charge is 2.49. The summed E-state index contributed by atoms with van der Waals surface area (Å²) in [6, 6.07) is 13.8. The molecule has 2 aromatic rings. The van der Waals surface area contributed by atoms with Gasteiger partial charge in [0.05, 0.1) is 23.4 Å². The van der Waals surface area contributed by atoms with Crippen molar-refractivity contribution < 1.29 is 14.4 Å². The van der Waals surface area contributed by atoms with E-state index >= 15 is 0 Å². The molecule has 0 aromatic heterocycles. The monoisotopic (exact) mass is 374 g/mol. The fraction of sp³-hybridized carbons (Fsp3) is 0.238. The van der Waals surface area contributed by atoms with E-state index in [1.165, 1.54) is 4.90 Å². The van der Waals surface area contributed by atoms with Crippen molar-refractivity contribution in [3.05, 3.63) is 65.2 Å². The van der Waals surface area contributed by atoms with Crippen LogP contribution < -0.4 is 10.2 Å². The molecule has 0 spiro atoms. The number of nitrogens with zero attached hydrogens (tertiary/aromatic N) is 3. The van der Waals surface area contributed by atoms with Gasteiger partial charge in [-0.05, 0) is 49.7 Å². The molecule has 7 heteroatoms. The minimum Gasteiger partial charge on any atom is -0.332 e. The molecule has 2 saturated heterocycles. The maximum absolute atomic E-state index is 13.2. The first-order chi connectivity index (χ1) is 13.5. The molecule has 0 radical (unpaired) electrons. The lowest BCUT2D eigenvalue weighted by Crippen LogP contribution is -2.65. The number of nitriles is 1. The van der Waals surface area contributed by atoms with Crippen LogP contribution >= 0.6 is 0 Å². The van der Waals surface area contributed by atoms with Gasteiger partial charge in [0.2, 0.25) is 0 Å². The SMILES string of the molecule is Cc1ccc(N2C(=O)N[C@@H]3CCN(C(=O)c4ccc(C#N)cc4)[C@@H]3C2=O)cc1. The lowest BCUT2D eigenvalue weighted by Gasteiger charge is -2.36. The second-order valence-electron chi connectivity index (χ2n) is 6.99. The molecular weight excluding hydrogens is 356 g/mol. The zero-order valence-electron chi connectivity index (χ0n) is 15.3. The van der Waals surface area contributed by atoms with Gasteiger partial charge in [0, 0.05) is 12.1 Å². The lowest BCUT2D eigenvalue weighted by atomic mass is 10.0. The third-order valence-corrected chi connectivity index (χ3v) is 5.20. The van der Waals surface area contributed by atoms with E-state index in [0.29, 0.717) is 29.8 Å². The quantitative estimate of drug-likeness (QED) is 0.872. The fourth-order valence-corrected chi connectivity index (χ4v) is 3.72. The number of urea groups is 1. The Balaban J connectivity index is 1.63. The van der Waals surface area contributed by atoms with Crippen LogP contribution in [0.2, 0.25) is 0 Å². The molecule has 7 nitrogen and oxygen atoms in total. The number of fused-ring (bicyclic) bond motifs is 1. The van der Waals surface area contributed by atoms with Crippen LogP contribution in [0.1, 0.15) is 27.9 Å². The van der Waals surface area contributed by atoms with Crippen LogP contribution in [0.3, 0.4) is 0 Å². The second kappa shape index (κ2) is 6.82. The minimum atomic E-state index is -0.748. The third-order valence-electron chi connectivity index (χ3n) is 5.20. The van der Waals surface area contributed by atoms with Crippen molar-refractivity contribution in [2.24, 2.45) is 0 Å². The van der Waals surface area contributed by atoms with Crippen molar-refractivity contribution in [2.75, 3.05) is 11.4 Å². The zero-order chi connectivity index (χ0) is 19.8. The molecule has 28 heavy (non-hydrogen) atoms. The minimum absolute atomic E-state index is 0.287. The summed E-state index contributed by atoms with van der Waals surface area (Å²) < 4.78 is 0. The van der Waals surface area contributed by atoms with Gasteiger partial charge in [-0.3, -0.25) is 9.59 Å². The molecule has 0 saturated carbocycles. The number of nitrogens with one attached hydrogen (secondary N) is 1. The van der Waals surface area contributed by atoms with E-state index in [4.69, 9.17) is 5.26 Å². The summed E-state index contributed by atoms with van der Waals surface area (Å²) in [5, 5.41) is 11.8. The summed E-state index contributed by atoms with van der Waals surface area (Å²) in [4.78, 5) is 41.3. The number of likely N-dealkylation sites (tertiary alicyclic amines) is 1. The molecule has 1 N–H and O–H groups in total. The highest BCUT2D eigenvalue weighted by molar-refractivity contribution is 6.19. The third kappa shape index (κ3) is 2.89.